The fourth-order valence-corrected chi connectivity index (χ4v) is 2.37. The van der Waals surface area contributed by atoms with Crippen LogP contribution in [0.25, 0.3) is 0 Å². The minimum Gasteiger partial charge on any atom is -0.490 e. The summed E-state index contributed by atoms with van der Waals surface area (Å²) in [6.07, 6.45) is 1.03. The number of nitro groups is 1. The quantitative estimate of drug-likeness (QED) is 0.669. The lowest BCUT2D eigenvalue weighted by Gasteiger charge is -2.24. The maximum atomic E-state index is 14.0. The van der Waals surface area contributed by atoms with Crippen molar-refractivity contribution in [1.82, 2.24) is 0 Å². The number of carbonyl (C=O) groups is 1. The number of nitrogens with zero attached hydrogens (tertiary/aromatic N) is 2. The van der Waals surface area contributed by atoms with E-state index in [2.05, 4.69) is 0 Å². The first-order valence-corrected chi connectivity index (χ1v) is 5.97. The molecule has 20 heavy (non-hydrogen) atoms. The molecule has 0 bridgehead atoms. The Kier molecular flexibility index (Phi) is 3.73. The first-order chi connectivity index (χ1) is 9.45. The van der Waals surface area contributed by atoms with Crippen LogP contribution in [0.2, 0.25) is 0 Å². The van der Waals surface area contributed by atoms with Gasteiger partial charge >= 0.3 is 11.7 Å². The summed E-state index contributed by atoms with van der Waals surface area (Å²) in [4.78, 5) is 22.6. The number of ether oxygens (including phenoxy) is 1. The van der Waals surface area contributed by atoms with E-state index in [-0.39, 0.29) is 11.4 Å². The molecule has 1 aliphatic heterocycles. The zero-order chi connectivity index (χ0) is 14.9. The van der Waals surface area contributed by atoms with Gasteiger partial charge in [-0.3, -0.25) is 10.1 Å². The molecule has 0 saturated carbocycles. The molecule has 1 heterocycles. The predicted octanol–water partition coefficient (Wildman–Crippen LogP) is 1.80. The molecule has 8 heteroatoms. The number of hydrogen-bond acceptors (Lipinski definition) is 5. The number of anilines is 1. The average Bonchev–Trinajstić information content (AvgIpc) is 2.87. The number of aliphatic carboxylic acids is 1. The number of nitro benzene ring substituents is 1. The lowest BCUT2D eigenvalue weighted by Crippen LogP contribution is -2.36. The molecule has 0 radical (unpaired) electrons. The third kappa shape index (κ3) is 2.36. The van der Waals surface area contributed by atoms with Gasteiger partial charge in [-0.1, -0.05) is 0 Å². The predicted molar refractivity (Wildman–Crippen MR) is 67.6 cm³/mol. The third-order valence-corrected chi connectivity index (χ3v) is 3.29. The smallest absolute Gasteiger partial charge is 0.326 e. The van der Waals surface area contributed by atoms with Crippen molar-refractivity contribution in [2.24, 2.45) is 0 Å². The van der Waals surface area contributed by atoms with Gasteiger partial charge in [-0.05, 0) is 12.8 Å². The van der Waals surface area contributed by atoms with Crippen molar-refractivity contribution in [3.63, 3.8) is 0 Å². The van der Waals surface area contributed by atoms with Gasteiger partial charge in [0, 0.05) is 12.6 Å². The molecule has 1 atom stereocenters. The van der Waals surface area contributed by atoms with Crippen LogP contribution in [-0.2, 0) is 4.79 Å². The Morgan fingerprint density at radius 2 is 2.30 bits per heavy atom. The van der Waals surface area contributed by atoms with E-state index >= 15 is 0 Å². The summed E-state index contributed by atoms with van der Waals surface area (Å²) < 4.78 is 18.9. The van der Waals surface area contributed by atoms with Gasteiger partial charge in [-0.15, -0.1) is 0 Å². The van der Waals surface area contributed by atoms with Crippen LogP contribution in [0.5, 0.6) is 5.75 Å². The molecule has 1 fully saturated rings. The molecule has 7 nitrogen and oxygen atoms in total. The summed E-state index contributed by atoms with van der Waals surface area (Å²) in [6, 6.07) is 1.11. The van der Waals surface area contributed by atoms with Gasteiger partial charge in [0.2, 0.25) is 0 Å². The summed E-state index contributed by atoms with van der Waals surface area (Å²) in [7, 11) is 1.24. The lowest BCUT2D eigenvalue weighted by atomic mass is 10.2. The van der Waals surface area contributed by atoms with Crippen molar-refractivity contribution >= 4 is 17.3 Å². The summed E-state index contributed by atoms with van der Waals surface area (Å²) >= 11 is 0. The molecule has 0 unspecified atom stereocenters. The normalized spacial score (nSPS) is 18.1. The second-order valence-corrected chi connectivity index (χ2v) is 4.42. The molecule has 1 N–H and O–H groups in total. The Labute approximate surface area is 113 Å². The van der Waals surface area contributed by atoms with E-state index in [4.69, 9.17) is 9.84 Å². The Morgan fingerprint density at radius 1 is 1.60 bits per heavy atom. The molecule has 0 amide bonds. The number of rotatable bonds is 4. The first kappa shape index (κ1) is 14.0. The molecule has 1 aromatic rings. The molecule has 1 saturated heterocycles. The Hall–Kier alpha value is -2.38. The van der Waals surface area contributed by atoms with Crippen LogP contribution < -0.4 is 9.64 Å². The molecule has 1 aliphatic rings. The van der Waals surface area contributed by atoms with E-state index in [1.165, 1.54) is 18.1 Å². The van der Waals surface area contributed by atoms with E-state index in [1.54, 1.807) is 0 Å². The minimum absolute atomic E-state index is 0.0114. The average molecular weight is 284 g/mol. The highest BCUT2D eigenvalue weighted by atomic mass is 19.1. The van der Waals surface area contributed by atoms with Crippen LogP contribution in [0.1, 0.15) is 12.8 Å². The van der Waals surface area contributed by atoms with Crippen molar-refractivity contribution in [2.75, 3.05) is 18.6 Å². The van der Waals surface area contributed by atoms with Crippen LogP contribution in [0.15, 0.2) is 12.1 Å². The molecule has 0 aliphatic carbocycles. The molecule has 1 aromatic carbocycles. The van der Waals surface area contributed by atoms with Crippen LogP contribution in [0.3, 0.4) is 0 Å². The van der Waals surface area contributed by atoms with Crippen molar-refractivity contribution in [3.8, 4) is 5.75 Å². The summed E-state index contributed by atoms with van der Waals surface area (Å²) in [6.45, 7) is 0.384. The largest absolute Gasteiger partial charge is 0.490 e. The van der Waals surface area contributed by atoms with E-state index in [1.807, 2.05) is 0 Å². The van der Waals surface area contributed by atoms with Crippen molar-refractivity contribution in [1.29, 1.82) is 0 Å². The van der Waals surface area contributed by atoms with Crippen molar-refractivity contribution < 1.29 is 24.0 Å². The Morgan fingerprint density at radius 3 is 2.85 bits per heavy atom. The molecular weight excluding hydrogens is 271 g/mol. The number of hydrogen-bond donors (Lipinski definition) is 1. The zero-order valence-corrected chi connectivity index (χ0v) is 10.7. The number of methoxy groups -OCH3 is 1. The molecule has 0 aromatic heterocycles. The molecule has 0 spiro atoms. The maximum Gasteiger partial charge on any atom is 0.326 e. The second kappa shape index (κ2) is 5.32. The third-order valence-electron chi connectivity index (χ3n) is 3.29. The first-order valence-electron chi connectivity index (χ1n) is 5.97. The van der Waals surface area contributed by atoms with E-state index < -0.39 is 28.4 Å². The SMILES string of the molecule is COc1cc(N2CCC[C@H]2C(=O)O)c(F)cc1[N+](=O)[O-]. The molecule has 108 valence electrons. The van der Waals surface area contributed by atoms with E-state index in [0.717, 1.165) is 6.07 Å². The zero-order valence-electron chi connectivity index (χ0n) is 10.7. The Bertz CT molecular complexity index is 563. The maximum absolute atomic E-state index is 14.0. The van der Waals surface area contributed by atoms with E-state index in [0.29, 0.717) is 19.4 Å². The highest BCUT2D eigenvalue weighted by Crippen LogP contribution is 2.36. The standard InChI is InChI=1S/C12H13FN2O5/c1-20-11-6-9(7(13)5-10(11)15(18)19)14-4-2-3-8(14)12(16)17/h5-6,8H,2-4H2,1H3,(H,16,17)/t8-/m0/s1. The minimum atomic E-state index is -1.04. The molecule has 2 rings (SSSR count). The van der Waals surface area contributed by atoms with E-state index in [9.17, 15) is 19.3 Å². The van der Waals surface area contributed by atoms with Crippen LogP contribution >= 0.6 is 0 Å². The lowest BCUT2D eigenvalue weighted by molar-refractivity contribution is -0.385. The number of carboxylic acids is 1. The van der Waals surface area contributed by atoms with Gasteiger partial charge in [0.25, 0.3) is 0 Å². The van der Waals surface area contributed by atoms with Crippen LogP contribution in [0, 0.1) is 15.9 Å². The van der Waals surface area contributed by atoms with Gasteiger partial charge < -0.3 is 14.7 Å². The van der Waals surface area contributed by atoms with Gasteiger partial charge in [-0.25, -0.2) is 9.18 Å². The topological polar surface area (TPSA) is 92.9 Å². The van der Waals surface area contributed by atoms with Crippen molar-refractivity contribution in [2.45, 2.75) is 18.9 Å². The van der Waals surface area contributed by atoms with Gasteiger partial charge in [0.15, 0.2) is 11.6 Å². The number of benzene rings is 1. The summed E-state index contributed by atoms with van der Waals surface area (Å²) in [5.74, 6) is -1.97. The molecular formula is C12H13FN2O5. The van der Waals surface area contributed by atoms with Crippen LogP contribution in [0.4, 0.5) is 15.8 Å². The van der Waals surface area contributed by atoms with Gasteiger partial charge in [0.05, 0.1) is 23.8 Å². The fraction of sp³-hybridized carbons (Fsp3) is 0.417. The second-order valence-electron chi connectivity index (χ2n) is 4.42. The summed E-state index contributed by atoms with van der Waals surface area (Å²) in [5, 5.41) is 19.9. The number of halogens is 1. The summed E-state index contributed by atoms with van der Waals surface area (Å²) in [5.41, 5.74) is -0.475. The van der Waals surface area contributed by atoms with Gasteiger partial charge in [-0.2, -0.15) is 0 Å². The van der Waals surface area contributed by atoms with Crippen LogP contribution in [-0.4, -0.2) is 35.7 Å². The van der Waals surface area contributed by atoms with Gasteiger partial charge in [0.1, 0.15) is 6.04 Å². The Balaban J connectivity index is 2.47. The fourth-order valence-electron chi connectivity index (χ4n) is 2.37. The van der Waals surface area contributed by atoms with Crippen molar-refractivity contribution in [3.05, 3.63) is 28.1 Å². The number of carboxylic acid groups (broad SMARTS) is 1. The highest BCUT2D eigenvalue weighted by Gasteiger charge is 2.33. The highest BCUT2D eigenvalue weighted by molar-refractivity contribution is 5.79. The monoisotopic (exact) mass is 284 g/mol.